The van der Waals surface area contributed by atoms with Crippen LogP contribution in [-0.2, 0) is 87.1 Å². The van der Waals surface area contributed by atoms with Crippen LogP contribution in [-0.4, -0.2) is 21.9 Å². The molecule has 0 heterocycles. The van der Waals surface area contributed by atoms with E-state index in [1.807, 2.05) is 0 Å². The Bertz CT molecular complexity index is 9.30. The normalized spacial score (nSPS) is 0. The average molecular weight is 276 g/mol. The van der Waals surface area contributed by atoms with E-state index in [1.165, 1.54) is 0 Å². The smallest absolute Gasteiger partial charge is 2.00 e. The Labute approximate surface area is 108 Å². The predicted molar refractivity (Wildman–Crippen MR) is 10.5 cm³/mol. The molecule has 0 atom stereocenters. The summed E-state index contributed by atoms with van der Waals surface area (Å²) >= 11 is 0. The monoisotopic (exact) mass is 276 g/mol. The molecular weight excluding hydrogens is 272 g/mol. The van der Waals surface area contributed by atoms with Gasteiger partial charge in [-0.25, -0.2) is 0 Å². The van der Waals surface area contributed by atoms with Gasteiger partial charge in [0, 0.05) is 0 Å². The van der Waals surface area contributed by atoms with Gasteiger partial charge in [0.2, 0.25) is 0 Å². The first kappa shape index (κ1) is 539. The number of hydrogen-bond acceptors (Lipinski definition) is 4. The van der Waals surface area contributed by atoms with Crippen LogP contribution < -0.4 is 0 Å². The summed E-state index contributed by atoms with van der Waals surface area (Å²) in [7, 11) is 0. The van der Waals surface area contributed by atoms with Crippen molar-refractivity contribution >= 4 is 0 Å². The summed E-state index contributed by atoms with van der Waals surface area (Å²) in [4.78, 5) is 0. The molecule has 0 rings (SSSR count). The van der Waals surface area contributed by atoms with Crippen LogP contribution in [0, 0.1) is 0 Å². The van der Waals surface area contributed by atoms with Crippen molar-refractivity contribution < 1.29 is 109 Å². The fourth-order valence-corrected chi connectivity index (χ4v) is 0. The minimum absolute atomic E-state index is 0. The zero-order valence-corrected chi connectivity index (χ0v) is 9.61. The molecule has 0 fully saturated rings. The van der Waals surface area contributed by atoms with Gasteiger partial charge in [-0.3, -0.25) is 0 Å². The Balaban J connectivity index is 0. The first-order chi connectivity index (χ1) is 0. The summed E-state index contributed by atoms with van der Waals surface area (Å²) in [5.74, 6) is 0. The summed E-state index contributed by atoms with van der Waals surface area (Å²) in [6.07, 6.45) is 0. The maximum absolute atomic E-state index is 0. The van der Waals surface area contributed by atoms with Crippen molar-refractivity contribution in [3.8, 4) is 0 Å². The van der Waals surface area contributed by atoms with Crippen LogP contribution in [0.25, 0.3) is 0 Å². The van der Waals surface area contributed by atoms with Gasteiger partial charge in [-0.2, -0.15) is 0 Å². The van der Waals surface area contributed by atoms with E-state index in [-0.39, 0.29) is 109 Å². The van der Waals surface area contributed by atoms with E-state index >= 15 is 0 Å². The molecule has 0 unspecified atom stereocenters. The van der Waals surface area contributed by atoms with E-state index in [2.05, 4.69) is 0 Å². The van der Waals surface area contributed by atoms with E-state index in [4.69, 9.17) is 0 Å². The Morgan fingerprint density at radius 3 is 0.273 bits per heavy atom. The molecule has 0 aromatic carbocycles. The van der Waals surface area contributed by atoms with Crippen LogP contribution in [0.3, 0.4) is 0 Å². The molecule has 0 aromatic rings. The minimum Gasteiger partial charge on any atom is -2.00 e. The van der Waals surface area contributed by atoms with E-state index in [0.717, 1.165) is 0 Å². The Morgan fingerprint density at radius 2 is 0.273 bits per heavy atom. The third-order valence-electron chi connectivity index (χ3n) is 0. The van der Waals surface area contributed by atoms with E-state index in [9.17, 15) is 0 Å². The SMILES string of the molecule is [O-2].[O-2].[O-2].[O-2].[OH-].[OH-].[OH-].[OH-].[Ti+4].[Ti+4].[Ti+4]. The minimum atomic E-state index is 0. The number of rotatable bonds is 0. The second-order valence-corrected chi connectivity index (χ2v) is 0. The molecule has 0 bridgehead atoms. The van der Waals surface area contributed by atoms with Crippen LogP contribution in [0.1, 0.15) is 0 Å². The van der Waals surface area contributed by atoms with Gasteiger partial charge in [-0.15, -0.1) is 0 Å². The number of hydrogen-bond donors (Lipinski definition) is 0. The third kappa shape index (κ3) is 343. The summed E-state index contributed by atoms with van der Waals surface area (Å²) in [6.45, 7) is 0. The molecule has 0 saturated carbocycles. The Hall–Kier alpha value is 1.82. The van der Waals surface area contributed by atoms with Crippen LogP contribution in [0.2, 0.25) is 0 Å². The fraction of sp³-hybridized carbons (Fsp3) is 0. The standard InChI is InChI=1S/4H2O.4O.3Ti/h4*1H2;;;;;;;/q;;;;4*-2;3*+4/p-4. The van der Waals surface area contributed by atoms with Crippen molar-refractivity contribution in [3.63, 3.8) is 0 Å². The van der Waals surface area contributed by atoms with E-state index < -0.39 is 0 Å². The quantitative estimate of drug-likeness (QED) is 0.495. The zero-order chi connectivity index (χ0) is 0. The predicted octanol–water partition coefficient (Wildman–Crippen LogP) is -1.19. The third-order valence-corrected chi connectivity index (χ3v) is 0. The Kier molecular flexibility index (Phi) is 20400. The van der Waals surface area contributed by atoms with Crippen LogP contribution >= 0.6 is 0 Å². The first-order valence-electron chi connectivity index (χ1n) is 0. The van der Waals surface area contributed by atoms with Crippen LogP contribution in [0.15, 0.2) is 0 Å². The van der Waals surface area contributed by atoms with Crippen molar-refractivity contribution in [2.75, 3.05) is 0 Å². The average Bonchev–Trinajstić information content (AvgIpc) is 0. The van der Waals surface area contributed by atoms with Crippen molar-refractivity contribution in [1.82, 2.24) is 0 Å². The molecular formula is H4O8Ti3. The molecule has 0 aliphatic rings. The van der Waals surface area contributed by atoms with Gasteiger partial charge in [-0.1, -0.05) is 0 Å². The summed E-state index contributed by atoms with van der Waals surface area (Å²) in [6, 6.07) is 0. The molecule has 0 saturated heterocycles. The topological polar surface area (TPSA) is 234 Å². The Morgan fingerprint density at radius 1 is 0.273 bits per heavy atom. The summed E-state index contributed by atoms with van der Waals surface area (Å²) < 4.78 is 0. The molecule has 8 nitrogen and oxygen atoms in total. The zero-order valence-electron chi connectivity index (χ0n) is 4.92. The maximum Gasteiger partial charge on any atom is 4.00 e. The molecule has 0 aromatic heterocycles. The van der Waals surface area contributed by atoms with Gasteiger partial charge in [0.15, 0.2) is 0 Å². The van der Waals surface area contributed by atoms with Gasteiger partial charge in [-0.05, 0) is 0 Å². The molecule has 0 spiro atoms. The van der Waals surface area contributed by atoms with Crippen LogP contribution in [0.5, 0.6) is 0 Å². The van der Waals surface area contributed by atoms with Gasteiger partial charge in [0.1, 0.15) is 0 Å². The van der Waals surface area contributed by atoms with Crippen molar-refractivity contribution in [2.24, 2.45) is 0 Å². The largest absolute Gasteiger partial charge is 4.00 e. The molecule has 11 heteroatoms. The van der Waals surface area contributed by atoms with E-state index in [1.54, 1.807) is 0 Å². The molecule has 0 aliphatic carbocycles. The first-order valence-corrected chi connectivity index (χ1v) is 0. The fourth-order valence-electron chi connectivity index (χ4n) is 0. The molecule has 64 valence electrons. The van der Waals surface area contributed by atoms with Gasteiger partial charge >= 0.3 is 65.2 Å². The van der Waals surface area contributed by atoms with E-state index in [0.29, 0.717) is 0 Å². The van der Waals surface area contributed by atoms with Crippen LogP contribution in [0.4, 0.5) is 0 Å². The van der Waals surface area contributed by atoms with Gasteiger partial charge in [0.25, 0.3) is 0 Å². The van der Waals surface area contributed by atoms with Gasteiger partial charge < -0.3 is 43.8 Å². The summed E-state index contributed by atoms with van der Waals surface area (Å²) in [5, 5.41) is 0. The molecule has 0 amide bonds. The second kappa shape index (κ2) is 417. The molecule has 0 aliphatic heterocycles. The summed E-state index contributed by atoms with van der Waals surface area (Å²) in [5.41, 5.74) is 0. The van der Waals surface area contributed by atoms with Crippen molar-refractivity contribution in [2.45, 2.75) is 0 Å². The molecule has 11 heavy (non-hydrogen) atoms. The van der Waals surface area contributed by atoms with Gasteiger partial charge in [0.05, 0.1) is 0 Å². The molecule has 4 N–H and O–H groups in total. The van der Waals surface area contributed by atoms with Crippen molar-refractivity contribution in [3.05, 3.63) is 0 Å². The van der Waals surface area contributed by atoms with Crippen molar-refractivity contribution in [1.29, 1.82) is 0 Å². The maximum atomic E-state index is 0. The second-order valence-electron chi connectivity index (χ2n) is 0. The molecule has 0 radical (unpaired) electrons.